The van der Waals surface area contributed by atoms with E-state index in [-0.39, 0.29) is 11.6 Å². The topological polar surface area (TPSA) is 105 Å². The van der Waals surface area contributed by atoms with E-state index in [1.165, 1.54) is 19.4 Å². The highest BCUT2D eigenvalue weighted by molar-refractivity contribution is 7.92. The van der Waals surface area contributed by atoms with Gasteiger partial charge in [0.15, 0.2) is 5.65 Å². The van der Waals surface area contributed by atoms with Crippen LogP contribution < -0.4 is 9.46 Å². The third-order valence-corrected chi connectivity index (χ3v) is 7.99. The van der Waals surface area contributed by atoms with Gasteiger partial charge < -0.3 is 9.64 Å². The molecule has 4 aromatic rings. The van der Waals surface area contributed by atoms with Gasteiger partial charge in [-0.2, -0.15) is 5.10 Å². The standard InChI is InChI=1S/C25H27F2N7O3S/c1-32-6-8-34(9-7-32)15-22-19-10-16(13-28-24(19)30-33(22)2)17-11-21(25(37-3)29-14-17)31-38(35,36)23-5-4-18(26)12-20(23)27/h4-5,10-14,31H,6-9,15H2,1-3H3. The van der Waals surface area contributed by atoms with E-state index >= 15 is 0 Å². The summed E-state index contributed by atoms with van der Waals surface area (Å²) >= 11 is 0. The Bertz CT molecular complexity index is 1600. The fourth-order valence-corrected chi connectivity index (χ4v) is 5.54. The van der Waals surface area contributed by atoms with E-state index in [0.29, 0.717) is 22.8 Å². The molecule has 200 valence electrons. The van der Waals surface area contributed by atoms with E-state index < -0.39 is 26.6 Å². The summed E-state index contributed by atoms with van der Waals surface area (Å²) in [5.74, 6) is -2.10. The molecular weight excluding hydrogens is 516 g/mol. The van der Waals surface area contributed by atoms with Crippen molar-refractivity contribution in [3.8, 4) is 17.0 Å². The lowest BCUT2D eigenvalue weighted by Crippen LogP contribution is -2.44. The Balaban J connectivity index is 1.49. The first kappa shape index (κ1) is 25.9. The van der Waals surface area contributed by atoms with Crippen LogP contribution in [0.2, 0.25) is 0 Å². The normalized spacial score (nSPS) is 15.2. The van der Waals surface area contributed by atoms with Crippen molar-refractivity contribution in [1.82, 2.24) is 29.5 Å². The largest absolute Gasteiger partial charge is 0.480 e. The van der Waals surface area contributed by atoms with Crippen LogP contribution in [0.3, 0.4) is 0 Å². The molecule has 0 unspecified atom stereocenters. The van der Waals surface area contributed by atoms with Crippen LogP contribution in [-0.4, -0.2) is 78.3 Å². The van der Waals surface area contributed by atoms with Crippen molar-refractivity contribution in [3.05, 3.63) is 60.1 Å². The number of methoxy groups -OCH3 is 1. The van der Waals surface area contributed by atoms with Gasteiger partial charge in [0.25, 0.3) is 10.0 Å². The highest BCUT2D eigenvalue weighted by Crippen LogP contribution is 2.32. The monoisotopic (exact) mass is 543 g/mol. The van der Waals surface area contributed by atoms with Gasteiger partial charge in [-0.15, -0.1) is 0 Å². The second-order valence-corrected chi connectivity index (χ2v) is 10.9. The maximum atomic E-state index is 14.2. The number of likely N-dealkylation sites (N-methyl/N-ethyl adjacent to an activating group) is 1. The second kappa shape index (κ2) is 10.2. The Labute approximate surface area is 218 Å². The number of nitrogens with zero attached hydrogens (tertiary/aromatic N) is 6. The van der Waals surface area contributed by atoms with Gasteiger partial charge in [-0.05, 0) is 31.3 Å². The van der Waals surface area contributed by atoms with Crippen LogP contribution in [0.25, 0.3) is 22.2 Å². The molecule has 13 heteroatoms. The quantitative estimate of drug-likeness (QED) is 0.380. The average molecular weight is 544 g/mol. The third-order valence-electron chi connectivity index (χ3n) is 6.59. The van der Waals surface area contributed by atoms with Gasteiger partial charge in [-0.1, -0.05) is 0 Å². The number of hydrogen-bond acceptors (Lipinski definition) is 8. The van der Waals surface area contributed by atoms with Crippen molar-refractivity contribution in [2.75, 3.05) is 45.1 Å². The molecule has 0 bridgehead atoms. The molecule has 4 heterocycles. The zero-order chi connectivity index (χ0) is 27.0. The van der Waals surface area contributed by atoms with Crippen LogP contribution >= 0.6 is 0 Å². The van der Waals surface area contributed by atoms with Crippen molar-refractivity contribution in [2.24, 2.45) is 7.05 Å². The third kappa shape index (κ3) is 5.17. The number of fused-ring (bicyclic) bond motifs is 1. The van der Waals surface area contributed by atoms with E-state index in [1.54, 1.807) is 6.20 Å². The van der Waals surface area contributed by atoms with Gasteiger partial charge in [0.05, 0.1) is 12.8 Å². The number of piperazine rings is 1. The van der Waals surface area contributed by atoms with Crippen molar-refractivity contribution >= 4 is 26.7 Å². The molecule has 5 rings (SSSR count). The lowest BCUT2D eigenvalue weighted by atomic mass is 10.1. The molecule has 0 saturated carbocycles. The first-order chi connectivity index (χ1) is 18.1. The first-order valence-electron chi connectivity index (χ1n) is 11.9. The Kier molecular flexibility index (Phi) is 6.99. The summed E-state index contributed by atoms with van der Waals surface area (Å²) in [7, 11) is 0.943. The Hall–Kier alpha value is -3.68. The molecule has 1 aromatic carbocycles. The molecule has 1 aliphatic heterocycles. The molecule has 0 aliphatic carbocycles. The van der Waals surface area contributed by atoms with Crippen LogP contribution in [0, 0.1) is 11.6 Å². The molecular formula is C25H27F2N7O3S. The van der Waals surface area contributed by atoms with E-state index in [0.717, 1.165) is 55.9 Å². The van der Waals surface area contributed by atoms with Gasteiger partial charge in [0.1, 0.15) is 22.2 Å². The zero-order valence-electron chi connectivity index (χ0n) is 21.1. The van der Waals surface area contributed by atoms with E-state index in [4.69, 9.17) is 4.74 Å². The van der Waals surface area contributed by atoms with E-state index in [9.17, 15) is 17.2 Å². The number of pyridine rings is 2. The van der Waals surface area contributed by atoms with E-state index in [2.05, 4.69) is 36.6 Å². The predicted octanol–water partition coefficient (Wildman–Crippen LogP) is 2.87. The summed E-state index contributed by atoms with van der Waals surface area (Å²) in [6.45, 7) is 4.63. The Morgan fingerprint density at radius 3 is 2.42 bits per heavy atom. The molecule has 1 N–H and O–H groups in total. The van der Waals surface area contributed by atoms with Gasteiger partial charge in [0.2, 0.25) is 5.88 Å². The number of benzene rings is 1. The second-order valence-electron chi connectivity index (χ2n) is 9.21. The molecule has 0 atom stereocenters. The zero-order valence-corrected chi connectivity index (χ0v) is 22.0. The molecule has 3 aromatic heterocycles. The number of aromatic nitrogens is 4. The minimum absolute atomic E-state index is 0.00216. The molecule has 0 spiro atoms. The van der Waals surface area contributed by atoms with Gasteiger partial charge in [0, 0.05) is 74.7 Å². The number of aryl methyl sites for hydroxylation is 1. The van der Waals surface area contributed by atoms with Gasteiger partial charge in [-0.25, -0.2) is 27.2 Å². The van der Waals surface area contributed by atoms with Crippen molar-refractivity contribution < 1.29 is 21.9 Å². The number of ether oxygens (including phenoxy) is 1. The maximum absolute atomic E-state index is 14.2. The summed E-state index contributed by atoms with van der Waals surface area (Å²) < 4.78 is 62.7. The van der Waals surface area contributed by atoms with E-state index in [1.807, 2.05) is 17.8 Å². The van der Waals surface area contributed by atoms with Crippen molar-refractivity contribution in [2.45, 2.75) is 11.4 Å². The Morgan fingerprint density at radius 1 is 1.00 bits per heavy atom. The number of halogens is 2. The smallest absolute Gasteiger partial charge is 0.264 e. The molecule has 1 saturated heterocycles. The molecule has 38 heavy (non-hydrogen) atoms. The lowest BCUT2D eigenvalue weighted by Gasteiger charge is -2.32. The summed E-state index contributed by atoms with van der Waals surface area (Å²) in [5, 5.41) is 5.43. The average Bonchev–Trinajstić information content (AvgIpc) is 3.19. The molecule has 1 aliphatic rings. The maximum Gasteiger partial charge on any atom is 0.264 e. The molecule has 1 fully saturated rings. The number of nitrogens with one attached hydrogen (secondary N) is 1. The molecule has 0 amide bonds. The minimum atomic E-state index is -4.40. The number of anilines is 1. The molecule has 0 radical (unpaired) electrons. The van der Waals surface area contributed by atoms with Crippen LogP contribution in [0.4, 0.5) is 14.5 Å². The first-order valence-corrected chi connectivity index (χ1v) is 13.4. The number of sulfonamides is 1. The summed E-state index contributed by atoms with van der Waals surface area (Å²) in [4.78, 5) is 12.7. The van der Waals surface area contributed by atoms with Crippen LogP contribution in [0.15, 0.2) is 47.6 Å². The summed E-state index contributed by atoms with van der Waals surface area (Å²) in [6.07, 6.45) is 3.17. The fraction of sp³-hybridized carbons (Fsp3) is 0.320. The highest BCUT2D eigenvalue weighted by atomic mass is 32.2. The number of hydrogen-bond donors (Lipinski definition) is 1. The minimum Gasteiger partial charge on any atom is -0.480 e. The summed E-state index contributed by atoms with van der Waals surface area (Å²) in [5.41, 5.74) is 2.88. The number of rotatable bonds is 7. The SMILES string of the molecule is COc1ncc(-c2cnc3nn(C)c(CN4CCN(C)CC4)c3c2)cc1NS(=O)(=O)c1ccc(F)cc1F. The Morgan fingerprint density at radius 2 is 1.71 bits per heavy atom. The lowest BCUT2D eigenvalue weighted by molar-refractivity contribution is 0.146. The van der Waals surface area contributed by atoms with Crippen LogP contribution in [-0.2, 0) is 23.6 Å². The van der Waals surface area contributed by atoms with Crippen molar-refractivity contribution in [1.29, 1.82) is 0 Å². The van der Waals surface area contributed by atoms with Crippen LogP contribution in [0.1, 0.15) is 5.69 Å². The van der Waals surface area contributed by atoms with Crippen molar-refractivity contribution in [3.63, 3.8) is 0 Å². The predicted molar refractivity (Wildman–Crippen MR) is 138 cm³/mol. The van der Waals surface area contributed by atoms with Crippen LogP contribution in [0.5, 0.6) is 5.88 Å². The summed E-state index contributed by atoms with van der Waals surface area (Å²) in [6, 6.07) is 5.72. The van der Waals surface area contributed by atoms with Gasteiger partial charge >= 0.3 is 0 Å². The van der Waals surface area contributed by atoms with Gasteiger partial charge in [-0.3, -0.25) is 14.3 Å². The fourth-order valence-electron chi connectivity index (χ4n) is 4.43. The molecule has 10 nitrogen and oxygen atoms in total. The highest BCUT2D eigenvalue weighted by Gasteiger charge is 2.23.